The van der Waals surface area contributed by atoms with E-state index in [1.807, 2.05) is 0 Å². The van der Waals surface area contributed by atoms with E-state index in [0.717, 1.165) is 32.1 Å². The Morgan fingerprint density at radius 2 is 1.39 bits per heavy atom. The van der Waals surface area contributed by atoms with Crippen molar-refractivity contribution in [3.8, 4) is 0 Å². The van der Waals surface area contributed by atoms with Gasteiger partial charge in [-0.3, -0.25) is 14.4 Å². The van der Waals surface area contributed by atoms with Crippen LogP contribution in [0.1, 0.15) is 99.3 Å². The topological polar surface area (TPSA) is 303 Å². The van der Waals surface area contributed by atoms with Gasteiger partial charge in [0.05, 0.1) is 38.6 Å². The molecule has 8 aliphatic rings. The third-order valence-corrected chi connectivity index (χ3v) is 17.6. The van der Waals surface area contributed by atoms with Crippen LogP contribution in [0.2, 0.25) is 0 Å². The van der Waals surface area contributed by atoms with Crippen molar-refractivity contribution in [2.45, 2.75) is 179 Å². The minimum absolute atomic E-state index is 0.0403. The van der Waals surface area contributed by atoms with Gasteiger partial charge in [0.1, 0.15) is 68.2 Å². The molecule has 4 saturated carbocycles. The largest absolute Gasteiger partial charge is 0.465 e. The molecule has 2 unspecified atom stereocenters. The number of carbonyl (C=O) groups excluding carboxylic acids is 5. The van der Waals surface area contributed by atoms with Crippen LogP contribution in [0.25, 0.3) is 0 Å². The van der Waals surface area contributed by atoms with Crippen molar-refractivity contribution in [1.29, 1.82) is 0 Å². The summed E-state index contributed by atoms with van der Waals surface area (Å²) in [5.41, 5.74) is -0.419. The number of carbonyl (C=O) groups is 5. The maximum atomic E-state index is 14.6. The predicted molar refractivity (Wildman–Crippen MR) is 241 cm³/mol. The number of ether oxygens (including phenoxy) is 10. The van der Waals surface area contributed by atoms with E-state index in [1.165, 1.54) is 0 Å². The fraction of sp³-hybridized carbons (Fsp3) is 0.898. The molecule has 22 nitrogen and oxygen atoms in total. The van der Waals surface area contributed by atoms with E-state index in [-0.39, 0.29) is 59.7 Å². The van der Waals surface area contributed by atoms with Gasteiger partial charge in [0.25, 0.3) is 0 Å². The standard InChI is InChI=1S/C49H76N2O20/c1-7-62-33(54)18-50-45(60)64-22-32-42(70-46(61)51-19-34(55)63-8-2)38(57)40(59)44(68-32)69-41-31(20-52)67-43(39(58)37(41)56)66-26-12-13-47(5)25(15-26)9-10-27-28-16-30-35(48(28,6)17-29(53)36(27)47)24(4)49(71-30)14-11-23(3)21-65-49/h23-28,30-32,35-44,52,56-59H,7-22H2,1-6H3,(H,50,60)(H,51,61)/t23-,24+,25+,26+,27+,28+,30?,31-,32-,35?,36-,37-,38-,39-,40-,41-,42-,43-,44+,47+,48+,49-/m1/s1. The molecule has 8 rings (SSSR count). The number of aliphatic hydroxyl groups excluding tert-OH is 5. The van der Waals surface area contributed by atoms with Gasteiger partial charge in [0.15, 0.2) is 24.5 Å². The summed E-state index contributed by atoms with van der Waals surface area (Å²) in [4.78, 5) is 63.4. The van der Waals surface area contributed by atoms with E-state index in [2.05, 4.69) is 38.3 Å². The Morgan fingerprint density at radius 1 is 0.746 bits per heavy atom. The Labute approximate surface area is 413 Å². The zero-order chi connectivity index (χ0) is 51.2. The molecule has 1 spiro atoms. The van der Waals surface area contributed by atoms with Gasteiger partial charge in [-0.05, 0) is 99.2 Å². The molecule has 2 amide bonds. The SMILES string of the molecule is CCOC(=O)CNC(=O)OC[C@H]1O[C@@H](O[C@H]2[C@H](O)[C@@H](O)[C@H](O[C@H]3CC[C@@]4(C)[C@@H](CC[C@@H]5[C@@H]4C(=O)C[C@]4(C)C6C(C[C@@H]54)O[C@]4(CC[C@@H](C)CO4)[C@H]6C)C3)O[C@@H]2CO)[C@H](O)[C@@H](O)[C@@H]1OC(=O)NCC(=O)OCC. The number of Topliss-reactive ketones (excluding diaryl/α,β-unsaturated/α-hetero) is 1. The first-order valence-corrected chi connectivity index (χ1v) is 25.7. The lowest BCUT2D eigenvalue weighted by molar-refractivity contribution is -0.363. The van der Waals surface area contributed by atoms with Gasteiger partial charge in [-0.2, -0.15) is 0 Å². The summed E-state index contributed by atoms with van der Waals surface area (Å²) in [6, 6.07) is 0. The van der Waals surface area contributed by atoms with Gasteiger partial charge in [-0.15, -0.1) is 0 Å². The minimum Gasteiger partial charge on any atom is -0.465 e. The Hall–Kier alpha value is -3.29. The number of fused-ring (bicyclic) bond motifs is 7. The fourth-order valence-corrected chi connectivity index (χ4v) is 14.2. The number of rotatable bonds is 14. The normalized spacial score (nSPS) is 45.9. The summed E-state index contributed by atoms with van der Waals surface area (Å²) in [7, 11) is 0. The molecule has 0 aromatic heterocycles. The summed E-state index contributed by atoms with van der Waals surface area (Å²) < 4.78 is 57.6. The van der Waals surface area contributed by atoms with Crippen molar-refractivity contribution in [1.82, 2.24) is 10.6 Å². The second-order valence-corrected chi connectivity index (χ2v) is 21.8. The van der Waals surface area contributed by atoms with Gasteiger partial charge in [0.2, 0.25) is 0 Å². The Morgan fingerprint density at radius 3 is 2.04 bits per heavy atom. The fourth-order valence-electron chi connectivity index (χ4n) is 14.2. The van der Waals surface area contributed by atoms with Crippen LogP contribution in [0.15, 0.2) is 0 Å². The highest BCUT2D eigenvalue weighted by Gasteiger charge is 2.71. The molecule has 4 heterocycles. The van der Waals surface area contributed by atoms with Crippen LogP contribution in [-0.2, 0) is 61.8 Å². The van der Waals surface area contributed by atoms with Gasteiger partial charge in [-0.25, -0.2) is 9.59 Å². The summed E-state index contributed by atoms with van der Waals surface area (Å²) >= 11 is 0. The number of alkyl carbamates (subject to hydrolysis) is 2. The molecule has 402 valence electrons. The first-order chi connectivity index (χ1) is 33.8. The van der Waals surface area contributed by atoms with Crippen LogP contribution in [0.4, 0.5) is 9.59 Å². The van der Waals surface area contributed by atoms with Crippen LogP contribution in [0.3, 0.4) is 0 Å². The first-order valence-electron chi connectivity index (χ1n) is 25.7. The minimum atomic E-state index is -2.02. The molecule has 22 heteroatoms. The molecule has 0 aromatic carbocycles. The van der Waals surface area contributed by atoms with E-state index in [9.17, 15) is 49.5 Å². The zero-order valence-electron chi connectivity index (χ0n) is 41.6. The average molecular weight is 1010 g/mol. The van der Waals surface area contributed by atoms with Gasteiger partial charge >= 0.3 is 24.1 Å². The van der Waals surface area contributed by atoms with Crippen molar-refractivity contribution in [3.05, 3.63) is 0 Å². The molecule has 4 aliphatic heterocycles. The monoisotopic (exact) mass is 1010 g/mol. The van der Waals surface area contributed by atoms with Gasteiger partial charge in [0, 0.05) is 24.7 Å². The molecule has 0 aromatic rings. The summed E-state index contributed by atoms with van der Waals surface area (Å²) in [6.07, 6.45) is -12.7. The van der Waals surface area contributed by atoms with Crippen molar-refractivity contribution < 1.29 is 96.9 Å². The average Bonchev–Trinajstić information content (AvgIpc) is 3.78. The molecule has 7 N–H and O–H groups in total. The van der Waals surface area contributed by atoms with E-state index < -0.39 is 124 Å². The van der Waals surface area contributed by atoms with Gasteiger partial charge in [-0.1, -0.05) is 27.7 Å². The quantitative estimate of drug-likeness (QED) is 0.0731. The molecular weight excluding hydrogens is 937 g/mol. The van der Waals surface area contributed by atoms with Crippen molar-refractivity contribution in [2.24, 2.45) is 52.3 Å². The number of amides is 2. The molecule has 4 aliphatic carbocycles. The lowest BCUT2D eigenvalue weighted by Gasteiger charge is -2.60. The highest BCUT2D eigenvalue weighted by molar-refractivity contribution is 5.84. The molecule has 4 saturated heterocycles. The lowest BCUT2D eigenvalue weighted by Crippen LogP contribution is -2.65. The van der Waals surface area contributed by atoms with Crippen molar-refractivity contribution >= 4 is 29.9 Å². The predicted octanol–water partition coefficient (Wildman–Crippen LogP) is 1.22. The summed E-state index contributed by atoms with van der Waals surface area (Å²) in [5.74, 6) is -0.102. The second kappa shape index (κ2) is 21.9. The number of aliphatic hydroxyl groups is 5. The summed E-state index contributed by atoms with van der Waals surface area (Å²) in [6.45, 7) is 10.4. The Kier molecular flexibility index (Phi) is 16.6. The summed E-state index contributed by atoms with van der Waals surface area (Å²) in [5, 5.41) is 60.3. The molecule has 0 radical (unpaired) electrons. The third-order valence-electron chi connectivity index (χ3n) is 17.6. The third kappa shape index (κ3) is 10.6. The van der Waals surface area contributed by atoms with Crippen molar-refractivity contribution in [3.63, 3.8) is 0 Å². The maximum absolute atomic E-state index is 14.6. The smallest absolute Gasteiger partial charge is 0.408 e. The van der Waals surface area contributed by atoms with E-state index in [4.69, 9.17) is 47.4 Å². The van der Waals surface area contributed by atoms with E-state index >= 15 is 0 Å². The number of hydrogen-bond acceptors (Lipinski definition) is 20. The molecule has 0 bridgehead atoms. The Bertz CT molecular complexity index is 1920. The molecule has 8 fully saturated rings. The van der Waals surface area contributed by atoms with E-state index in [0.29, 0.717) is 49.9 Å². The maximum Gasteiger partial charge on any atom is 0.408 e. The van der Waals surface area contributed by atoms with Crippen molar-refractivity contribution in [2.75, 3.05) is 46.1 Å². The lowest BCUT2D eigenvalue weighted by atomic mass is 9.44. The first kappa shape index (κ1) is 54.0. The van der Waals surface area contributed by atoms with Crippen LogP contribution in [-0.4, -0.2) is 181 Å². The number of hydrogen-bond donors (Lipinski definition) is 7. The number of esters is 2. The highest BCUT2D eigenvalue weighted by Crippen LogP contribution is 2.70. The second-order valence-electron chi connectivity index (χ2n) is 21.8. The van der Waals surface area contributed by atoms with Crippen LogP contribution in [0, 0.1) is 52.3 Å². The number of ketones is 1. The van der Waals surface area contributed by atoms with Gasteiger partial charge < -0.3 is 83.5 Å². The molecule has 71 heavy (non-hydrogen) atoms. The highest BCUT2D eigenvalue weighted by atomic mass is 16.8. The van der Waals surface area contributed by atoms with Crippen LogP contribution in [0.5, 0.6) is 0 Å². The zero-order valence-corrected chi connectivity index (χ0v) is 41.6. The molecule has 22 atom stereocenters. The Balaban J connectivity index is 0.883. The van der Waals surface area contributed by atoms with E-state index in [1.54, 1.807) is 13.8 Å². The number of nitrogens with one attached hydrogen (secondary N) is 2. The van der Waals surface area contributed by atoms with Crippen LogP contribution >= 0.6 is 0 Å². The van der Waals surface area contributed by atoms with Crippen LogP contribution < -0.4 is 10.6 Å². The molecular formula is C49H76N2O20.